The molecule has 0 radical (unpaired) electrons. The number of aromatic nitrogens is 2. The summed E-state index contributed by atoms with van der Waals surface area (Å²) >= 11 is 0. The number of para-hydroxylation sites is 1. The maximum atomic E-state index is 11.6. The van der Waals surface area contributed by atoms with Crippen molar-refractivity contribution >= 4 is 5.91 Å². The first-order valence-corrected chi connectivity index (χ1v) is 10.5. The Morgan fingerprint density at radius 1 is 1.31 bits per heavy atom. The number of amides is 1. The van der Waals surface area contributed by atoms with Crippen LogP contribution in [0.5, 0.6) is 5.75 Å². The molecule has 1 amide bonds. The number of piperidine rings is 1. The highest BCUT2D eigenvalue weighted by molar-refractivity contribution is 5.73. The van der Waals surface area contributed by atoms with E-state index in [1.165, 1.54) is 11.1 Å². The van der Waals surface area contributed by atoms with Gasteiger partial charge in [0, 0.05) is 62.8 Å². The molecule has 0 unspecified atom stereocenters. The summed E-state index contributed by atoms with van der Waals surface area (Å²) in [4.78, 5) is 25.6. The number of hydrogen-bond donors (Lipinski definition) is 0. The lowest BCUT2D eigenvalue weighted by Crippen LogP contribution is -2.36. The van der Waals surface area contributed by atoms with E-state index in [2.05, 4.69) is 30.0 Å². The van der Waals surface area contributed by atoms with E-state index in [-0.39, 0.29) is 5.91 Å². The van der Waals surface area contributed by atoms with Gasteiger partial charge in [-0.25, -0.2) is 9.97 Å². The van der Waals surface area contributed by atoms with Crippen molar-refractivity contribution in [1.82, 2.24) is 19.8 Å². The number of aryl methyl sites for hydroxylation is 1. The molecular formula is C23H30N4O2. The van der Waals surface area contributed by atoms with E-state index in [0.717, 1.165) is 68.3 Å². The summed E-state index contributed by atoms with van der Waals surface area (Å²) < 4.78 is 5.64. The van der Waals surface area contributed by atoms with Gasteiger partial charge in [0.1, 0.15) is 11.6 Å². The maximum absolute atomic E-state index is 11.6. The molecule has 1 aromatic carbocycles. The van der Waals surface area contributed by atoms with Gasteiger partial charge < -0.3 is 9.64 Å². The number of methoxy groups -OCH3 is 1. The van der Waals surface area contributed by atoms with Crippen molar-refractivity contribution in [3.05, 3.63) is 52.6 Å². The second kappa shape index (κ2) is 8.49. The van der Waals surface area contributed by atoms with Crippen LogP contribution in [-0.4, -0.2) is 52.4 Å². The zero-order valence-corrected chi connectivity index (χ0v) is 17.6. The van der Waals surface area contributed by atoms with E-state index in [0.29, 0.717) is 12.5 Å². The van der Waals surface area contributed by atoms with Gasteiger partial charge in [-0.05, 0) is 31.9 Å². The van der Waals surface area contributed by atoms with Crippen LogP contribution in [0.2, 0.25) is 0 Å². The molecular weight excluding hydrogens is 364 g/mol. The van der Waals surface area contributed by atoms with Crippen LogP contribution in [0.4, 0.5) is 0 Å². The molecule has 4 rings (SSSR count). The van der Waals surface area contributed by atoms with Crippen molar-refractivity contribution in [2.24, 2.45) is 0 Å². The third-order valence-electron chi connectivity index (χ3n) is 6.16. The summed E-state index contributed by atoms with van der Waals surface area (Å²) in [5.41, 5.74) is 4.62. The second-order valence-electron chi connectivity index (χ2n) is 8.23. The fraction of sp³-hybridized carbons (Fsp3) is 0.522. The van der Waals surface area contributed by atoms with E-state index in [9.17, 15) is 4.79 Å². The van der Waals surface area contributed by atoms with Crippen molar-refractivity contribution in [2.75, 3.05) is 26.7 Å². The van der Waals surface area contributed by atoms with E-state index < -0.39 is 0 Å². The Labute approximate surface area is 172 Å². The van der Waals surface area contributed by atoms with Gasteiger partial charge in [0.2, 0.25) is 5.91 Å². The third-order valence-corrected chi connectivity index (χ3v) is 6.16. The molecule has 0 aliphatic carbocycles. The Bertz CT molecular complexity index is 898. The minimum Gasteiger partial charge on any atom is -0.496 e. The third kappa shape index (κ3) is 4.27. The summed E-state index contributed by atoms with van der Waals surface area (Å²) in [6, 6.07) is 6.35. The molecule has 6 heteroatoms. The van der Waals surface area contributed by atoms with Crippen LogP contribution < -0.4 is 4.74 Å². The summed E-state index contributed by atoms with van der Waals surface area (Å²) in [6.07, 6.45) is 5.04. The average molecular weight is 395 g/mol. The SMILES string of the molecule is COc1c(C)cccc1CN1CCC[C@H](c2ncc3c(n2)CCN(C(C)=O)C3)C1. The number of carbonyl (C=O) groups excluding carboxylic acids is 1. The molecule has 0 saturated carbocycles. The topological polar surface area (TPSA) is 58.6 Å². The molecule has 3 heterocycles. The number of benzene rings is 1. The van der Waals surface area contributed by atoms with Crippen LogP contribution in [0.1, 0.15) is 53.9 Å². The second-order valence-corrected chi connectivity index (χ2v) is 8.23. The lowest BCUT2D eigenvalue weighted by molar-refractivity contribution is -0.129. The van der Waals surface area contributed by atoms with Crippen LogP contribution >= 0.6 is 0 Å². The smallest absolute Gasteiger partial charge is 0.219 e. The quantitative estimate of drug-likeness (QED) is 0.798. The van der Waals surface area contributed by atoms with Crippen LogP contribution in [0, 0.1) is 6.92 Å². The maximum Gasteiger partial charge on any atom is 0.219 e. The molecule has 154 valence electrons. The molecule has 0 bridgehead atoms. The van der Waals surface area contributed by atoms with Crippen LogP contribution in [0.15, 0.2) is 24.4 Å². The van der Waals surface area contributed by atoms with Gasteiger partial charge in [-0.3, -0.25) is 9.69 Å². The molecule has 1 fully saturated rings. The Hall–Kier alpha value is -2.47. The first-order chi connectivity index (χ1) is 14.0. The highest BCUT2D eigenvalue weighted by atomic mass is 16.5. The number of nitrogens with zero attached hydrogens (tertiary/aromatic N) is 4. The number of fused-ring (bicyclic) bond motifs is 1. The minimum atomic E-state index is 0.120. The van der Waals surface area contributed by atoms with Crippen molar-refractivity contribution in [3.63, 3.8) is 0 Å². The van der Waals surface area contributed by atoms with E-state index in [1.807, 2.05) is 11.1 Å². The molecule has 0 spiro atoms. The van der Waals surface area contributed by atoms with Gasteiger partial charge >= 0.3 is 0 Å². The van der Waals surface area contributed by atoms with Crippen molar-refractivity contribution in [2.45, 2.75) is 52.1 Å². The number of hydrogen-bond acceptors (Lipinski definition) is 5. The van der Waals surface area contributed by atoms with E-state index in [4.69, 9.17) is 14.7 Å². The molecule has 1 saturated heterocycles. The lowest BCUT2D eigenvalue weighted by atomic mass is 9.95. The zero-order valence-electron chi connectivity index (χ0n) is 17.6. The number of likely N-dealkylation sites (tertiary alicyclic amines) is 1. The number of carbonyl (C=O) groups is 1. The first kappa shape index (κ1) is 19.8. The normalized spacial score (nSPS) is 19.7. The summed E-state index contributed by atoms with van der Waals surface area (Å²) in [5, 5.41) is 0. The van der Waals surface area contributed by atoms with E-state index >= 15 is 0 Å². The molecule has 29 heavy (non-hydrogen) atoms. The molecule has 6 nitrogen and oxygen atoms in total. The van der Waals surface area contributed by atoms with Gasteiger partial charge in [0.25, 0.3) is 0 Å². The summed E-state index contributed by atoms with van der Waals surface area (Å²) in [5.74, 6) is 2.43. The zero-order chi connectivity index (χ0) is 20.4. The van der Waals surface area contributed by atoms with Crippen molar-refractivity contribution in [1.29, 1.82) is 0 Å². The van der Waals surface area contributed by atoms with Crippen molar-refractivity contribution in [3.8, 4) is 5.75 Å². The van der Waals surface area contributed by atoms with Crippen LogP contribution in [0.25, 0.3) is 0 Å². The van der Waals surface area contributed by atoms with Crippen molar-refractivity contribution < 1.29 is 9.53 Å². The summed E-state index contributed by atoms with van der Waals surface area (Å²) in [6.45, 7) is 8.05. The Morgan fingerprint density at radius 2 is 2.17 bits per heavy atom. The van der Waals surface area contributed by atoms with Gasteiger partial charge in [-0.15, -0.1) is 0 Å². The fourth-order valence-electron chi connectivity index (χ4n) is 4.58. The number of ether oxygens (including phenoxy) is 1. The highest BCUT2D eigenvalue weighted by Gasteiger charge is 2.26. The van der Waals surface area contributed by atoms with Crippen LogP contribution in [0.3, 0.4) is 0 Å². The summed E-state index contributed by atoms with van der Waals surface area (Å²) in [7, 11) is 1.75. The molecule has 2 aliphatic rings. The molecule has 2 aromatic rings. The molecule has 1 atom stereocenters. The fourth-order valence-corrected chi connectivity index (χ4v) is 4.58. The van der Waals surface area contributed by atoms with Gasteiger partial charge in [0.15, 0.2) is 0 Å². The average Bonchev–Trinajstić information content (AvgIpc) is 2.73. The Kier molecular flexibility index (Phi) is 5.81. The van der Waals surface area contributed by atoms with E-state index in [1.54, 1.807) is 14.0 Å². The van der Waals surface area contributed by atoms with Gasteiger partial charge in [-0.1, -0.05) is 18.2 Å². The highest BCUT2D eigenvalue weighted by Crippen LogP contribution is 2.30. The molecule has 0 N–H and O–H groups in total. The van der Waals surface area contributed by atoms with Gasteiger partial charge in [-0.2, -0.15) is 0 Å². The van der Waals surface area contributed by atoms with Crippen LogP contribution in [-0.2, 0) is 24.3 Å². The monoisotopic (exact) mass is 394 g/mol. The Morgan fingerprint density at radius 3 is 2.97 bits per heavy atom. The minimum absolute atomic E-state index is 0.120. The largest absolute Gasteiger partial charge is 0.496 e. The Balaban J connectivity index is 1.47. The number of rotatable bonds is 4. The lowest BCUT2D eigenvalue weighted by Gasteiger charge is -2.33. The standard InChI is InChI=1S/C23H30N4O2/c1-16-6-4-7-18(22(16)29-3)13-26-10-5-8-19(14-26)23-24-12-20-15-27(17(2)28)11-9-21(20)25-23/h4,6-7,12,19H,5,8-11,13-15H2,1-3H3/t19-/m0/s1. The molecule has 2 aliphatic heterocycles. The predicted octanol–water partition coefficient (Wildman–Crippen LogP) is 3.08. The first-order valence-electron chi connectivity index (χ1n) is 10.5. The van der Waals surface area contributed by atoms with Gasteiger partial charge in [0.05, 0.1) is 12.8 Å². The molecule has 1 aromatic heterocycles. The predicted molar refractivity (Wildman–Crippen MR) is 112 cm³/mol.